The molecule has 1 aromatic rings. The lowest BCUT2D eigenvalue weighted by molar-refractivity contribution is 1.10. The largest absolute Gasteiger partial charge is 0.225 e. The van der Waals surface area contributed by atoms with E-state index < -0.39 is 0 Å². The number of halogens is 3. The minimum absolute atomic E-state index is 0.0674. The van der Waals surface area contributed by atoms with Gasteiger partial charge in [-0.05, 0) is 17.9 Å². The Morgan fingerprint density at radius 3 is 1.91 bits per heavy atom. The van der Waals surface area contributed by atoms with Crippen LogP contribution >= 0.6 is 46.6 Å². The first-order valence-electron chi connectivity index (χ1n) is 2.57. The van der Waals surface area contributed by atoms with E-state index in [1.54, 1.807) is 0 Å². The van der Waals surface area contributed by atoms with E-state index in [-0.39, 0.29) is 5.28 Å². The summed E-state index contributed by atoms with van der Waals surface area (Å²) in [7, 11) is 0. The first kappa shape index (κ1) is 9.39. The molecule has 0 aliphatic carbocycles. The van der Waals surface area contributed by atoms with Gasteiger partial charge < -0.3 is 0 Å². The number of thioether (sulfide) groups is 1. The zero-order chi connectivity index (χ0) is 8.43. The summed E-state index contributed by atoms with van der Waals surface area (Å²) in [4.78, 5) is 8.09. The second-order valence-corrected chi connectivity index (χ2v) is 3.48. The van der Waals surface area contributed by atoms with Gasteiger partial charge in [0, 0.05) is 0 Å². The van der Waals surface area contributed by atoms with Gasteiger partial charge in [-0.25, -0.2) is 9.97 Å². The highest BCUT2D eigenvalue weighted by atomic mass is 35.5. The van der Waals surface area contributed by atoms with E-state index in [9.17, 15) is 0 Å². The predicted octanol–water partition coefficient (Wildman–Crippen LogP) is 3.16. The maximum absolute atomic E-state index is 5.69. The molecule has 0 spiro atoms. The molecule has 6 heteroatoms. The summed E-state index contributed by atoms with van der Waals surface area (Å²) in [5.41, 5.74) is 0. The molecule has 0 fully saturated rings. The number of hydrogen-bond acceptors (Lipinski definition) is 3. The summed E-state index contributed by atoms with van der Waals surface area (Å²) in [6.07, 6.45) is 1.84. The number of aromatic nitrogens is 2. The third kappa shape index (κ3) is 2.12. The second-order valence-electron chi connectivity index (χ2n) is 1.61. The minimum atomic E-state index is 0.0674. The molecular formula is C5H3Cl3N2S. The molecule has 0 unspecified atom stereocenters. The van der Waals surface area contributed by atoms with Crippen molar-refractivity contribution in [3.63, 3.8) is 0 Å². The van der Waals surface area contributed by atoms with Gasteiger partial charge in [-0.1, -0.05) is 23.2 Å². The van der Waals surface area contributed by atoms with Crippen molar-refractivity contribution >= 4 is 46.6 Å². The van der Waals surface area contributed by atoms with E-state index >= 15 is 0 Å². The molecule has 60 valence electrons. The molecule has 1 aromatic heterocycles. The highest BCUT2D eigenvalue weighted by Gasteiger charge is 2.08. The van der Waals surface area contributed by atoms with Crippen LogP contribution in [0.5, 0.6) is 0 Å². The first-order valence-corrected chi connectivity index (χ1v) is 4.93. The van der Waals surface area contributed by atoms with Crippen LogP contribution < -0.4 is 0 Å². The van der Waals surface area contributed by atoms with E-state index in [1.807, 2.05) is 6.26 Å². The lowest BCUT2D eigenvalue weighted by Gasteiger charge is -2.00. The highest BCUT2D eigenvalue weighted by molar-refractivity contribution is 7.98. The Morgan fingerprint density at radius 1 is 1.09 bits per heavy atom. The van der Waals surface area contributed by atoms with Gasteiger partial charge in [0.05, 0.1) is 4.90 Å². The van der Waals surface area contributed by atoms with Crippen LogP contribution in [0.1, 0.15) is 0 Å². The van der Waals surface area contributed by atoms with Gasteiger partial charge in [0.2, 0.25) is 5.28 Å². The molecule has 0 bridgehead atoms. The topological polar surface area (TPSA) is 25.8 Å². The van der Waals surface area contributed by atoms with E-state index in [1.165, 1.54) is 11.8 Å². The molecule has 1 rings (SSSR count). The Morgan fingerprint density at radius 2 is 1.55 bits per heavy atom. The van der Waals surface area contributed by atoms with Crippen LogP contribution in [0.15, 0.2) is 4.90 Å². The maximum atomic E-state index is 5.69. The first-order chi connectivity index (χ1) is 5.15. The molecule has 0 radical (unpaired) electrons. The lowest BCUT2D eigenvalue weighted by Crippen LogP contribution is -1.87. The molecule has 0 aliphatic heterocycles. The summed E-state index contributed by atoms with van der Waals surface area (Å²) >= 11 is 18.3. The van der Waals surface area contributed by atoms with Crippen LogP contribution in [-0.4, -0.2) is 16.2 Å². The Labute approximate surface area is 83.3 Å². The monoisotopic (exact) mass is 228 g/mol. The fraction of sp³-hybridized carbons (Fsp3) is 0.200. The molecule has 0 N–H and O–H groups in total. The normalized spacial score (nSPS) is 10.2. The van der Waals surface area contributed by atoms with Gasteiger partial charge >= 0.3 is 0 Å². The van der Waals surface area contributed by atoms with Crippen LogP contribution in [0.25, 0.3) is 0 Å². The lowest BCUT2D eigenvalue weighted by atomic mass is 10.7. The van der Waals surface area contributed by atoms with E-state index in [0.717, 1.165) is 0 Å². The van der Waals surface area contributed by atoms with E-state index in [2.05, 4.69) is 9.97 Å². The Kier molecular flexibility index (Phi) is 3.25. The molecule has 0 atom stereocenters. The van der Waals surface area contributed by atoms with Crippen molar-refractivity contribution in [2.45, 2.75) is 4.90 Å². The van der Waals surface area contributed by atoms with Crippen molar-refractivity contribution in [1.29, 1.82) is 0 Å². The third-order valence-electron chi connectivity index (χ3n) is 0.960. The summed E-state index contributed by atoms with van der Waals surface area (Å²) in [6, 6.07) is 0. The van der Waals surface area contributed by atoms with Crippen LogP contribution in [0, 0.1) is 0 Å². The zero-order valence-corrected chi connectivity index (χ0v) is 8.52. The van der Waals surface area contributed by atoms with E-state index in [4.69, 9.17) is 34.8 Å². The van der Waals surface area contributed by atoms with Gasteiger partial charge in [-0.15, -0.1) is 11.8 Å². The van der Waals surface area contributed by atoms with E-state index in [0.29, 0.717) is 15.2 Å². The predicted molar refractivity (Wildman–Crippen MR) is 48.8 cm³/mol. The molecule has 0 saturated carbocycles. The van der Waals surface area contributed by atoms with Gasteiger partial charge in [0.1, 0.15) is 10.3 Å². The number of rotatable bonds is 1. The average Bonchev–Trinajstić information content (AvgIpc) is 1.85. The fourth-order valence-corrected chi connectivity index (χ4v) is 2.08. The average molecular weight is 230 g/mol. The summed E-state index contributed by atoms with van der Waals surface area (Å²) < 4.78 is 0. The standard InChI is InChI=1S/C5H3Cl3N2S/c1-11-2-3(6)9-5(8)10-4(2)7/h1H3. The second kappa shape index (κ2) is 3.81. The molecule has 0 saturated heterocycles. The quantitative estimate of drug-likeness (QED) is 0.420. The Bertz CT molecular complexity index is 255. The van der Waals surface area contributed by atoms with Gasteiger partial charge in [0.15, 0.2) is 0 Å². The van der Waals surface area contributed by atoms with Crippen molar-refractivity contribution in [3.05, 3.63) is 15.6 Å². The Hall–Kier alpha value is 0.300. The summed E-state index contributed by atoms with van der Waals surface area (Å²) in [6.45, 7) is 0. The van der Waals surface area contributed by atoms with Gasteiger partial charge in [-0.2, -0.15) is 0 Å². The summed E-state index contributed by atoms with van der Waals surface area (Å²) in [5, 5.41) is 0.655. The smallest absolute Gasteiger partial charge is 0.205 e. The SMILES string of the molecule is CSc1c(Cl)nc(Cl)nc1Cl. The van der Waals surface area contributed by atoms with Crippen LogP contribution in [0.4, 0.5) is 0 Å². The van der Waals surface area contributed by atoms with Gasteiger partial charge in [-0.3, -0.25) is 0 Å². The molecule has 11 heavy (non-hydrogen) atoms. The summed E-state index contributed by atoms with van der Waals surface area (Å²) in [5.74, 6) is 0. The van der Waals surface area contributed by atoms with Crippen LogP contribution in [0.3, 0.4) is 0 Å². The molecule has 1 heterocycles. The number of hydrogen-bond donors (Lipinski definition) is 0. The van der Waals surface area contributed by atoms with Crippen molar-refractivity contribution in [1.82, 2.24) is 9.97 Å². The Balaban J connectivity index is 3.25. The number of nitrogens with zero attached hydrogens (tertiary/aromatic N) is 2. The van der Waals surface area contributed by atoms with Crippen molar-refractivity contribution in [3.8, 4) is 0 Å². The fourth-order valence-electron chi connectivity index (χ4n) is 0.542. The molecular weight excluding hydrogens is 226 g/mol. The van der Waals surface area contributed by atoms with Crippen molar-refractivity contribution in [2.75, 3.05) is 6.26 Å². The van der Waals surface area contributed by atoms with Gasteiger partial charge in [0.25, 0.3) is 0 Å². The molecule has 0 amide bonds. The molecule has 2 nitrogen and oxygen atoms in total. The molecule has 0 aromatic carbocycles. The molecule has 0 aliphatic rings. The van der Waals surface area contributed by atoms with Crippen LogP contribution in [-0.2, 0) is 0 Å². The van der Waals surface area contributed by atoms with Crippen molar-refractivity contribution in [2.24, 2.45) is 0 Å². The van der Waals surface area contributed by atoms with Crippen LogP contribution in [0.2, 0.25) is 15.6 Å². The highest BCUT2D eigenvalue weighted by Crippen LogP contribution is 2.30. The maximum Gasteiger partial charge on any atom is 0.225 e. The van der Waals surface area contributed by atoms with Crippen molar-refractivity contribution < 1.29 is 0 Å². The third-order valence-corrected chi connectivity index (χ3v) is 2.69. The zero-order valence-electron chi connectivity index (χ0n) is 5.44. The minimum Gasteiger partial charge on any atom is -0.205 e.